The molecule has 0 N–H and O–H groups in total. The molecule has 0 spiro atoms. The van der Waals surface area contributed by atoms with Crippen molar-refractivity contribution in [3.63, 3.8) is 0 Å². The quantitative estimate of drug-likeness (QED) is 0.631. The first-order chi connectivity index (χ1) is 7.23. The van der Waals surface area contributed by atoms with Gasteiger partial charge in [-0.2, -0.15) is 0 Å². The average molecular weight is 285 g/mol. The second-order valence-electron chi connectivity index (χ2n) is 3.99. The third kappa shape index (κ3) is 1.80. The van der Waals surface area contributed by atoms with Crippen molar-refractivity contribution in [2.45, 2.75) is 15.5 Å². The standard InChI is InChI=1S/C9H8Si6/c1-8-10-13-9(14-11-8,15-12-8)7-5-3-2-4-6-7/h2-6H,1H3. The molecule has 3 aliphatic rings. The minimum Gasteiger partial charge on any atom is -0.0687 e. The van der Waals surface area contributed by atoms with E-state index in [9.17, 15) is 0 Å². The molecule has 6 heteroatoms. The van der Waals surface area contributed by atoms with Crippen molar-refractivity contribution in [1.29, 1.82) is 0 Å². The van der Waals surface area contributed by atoms with E-state index in [1.54, 1.807) is 5.56 Å². The maximum atomic E-state index is 2.55. The van der Waals surface area contributed by atoms with Crippen LogP contribution in [0.25, 0.3) is 0 Å². The Balaban J connectivity index is 1.94. The zero-order valence-electron chi connectivity index (χ0n) is 8.39. The summed E-state index contributed by atoms with van der Waals surface area (Å²) in [5.41, 5.74) is 1.66. The smallest absolute Gasteiger partial charge is 0.0271 e. The lowest BCUT2D eigenvalue weighted by Gasteiger charge is -2.50. The molecule has 15 heavy (non-hydrogen) atoms. The molecular formula is C9H8Si6. The highest BCUT2D eigenvalue weighted by Crippen LogP contribution is 2.36. The van der Waals surface area contributed by atoms with E-state index < -0.39 is 0 Å². The summed E-state index contributed by atoms with van der Waals surface area (Å²) < 4.78 is 1.49. The van der Waals surface area contributed by atoms with Gasteiger partial charge in [-0.3, -0.25) is 0 Å². The van der Waals surface area contributed by atoms with Gasteiger partial charge in [0, 0.05) is 54.2 Å². The van der Waals surface area contributed by atoms with Gasteiger partial charge in [-0.15, -0.1) is 0 Å². The number of benzene rings is 1. The van der Waals surface area contributed by atoms with Crippen LogP contribution in [0, 0.1) is 0 Å². The van der Waals surface area contributed by atoms with Gasteiger partial charge in [0.15, 0.2) is 0 Å². The van der Waals surface area contributed by atoms with Crippen LogP contribution in [0.4, 0.5) is 0 Å². The van der Waals surface area contributed by atoms with E-state index in [2.05, 4.69) is 37.3 Å². The summed E-state index contributed by atoms with van der Waals surface area (Å²) in [4.78, 5) is 0. The fourth-order valence-corrected chi connectivity index (χ4v) is 31.0. The Bertz CT molecular complexity index is 340. The molecule has 3 heterocycles. The van der Waals surface area contributed by atoms with Gasteiger partial charge in [0.1, 0.15) is 0 Å². The molecule has 12 radical (unpaired) electrons. The zero-order valence-corrected chi connectivity index (χ0v) is 14.4. The molecule has 0 aromatic heterocycles. The van der Waals surface area contributed by atoms with Crippen LogP contribution in [0.2, 0.25) is 4.28 Å². The monoisotopic (exact) mass is 284 g/mol. The van der Waals surface area contributed by atoms with E-state index in [0.717, 1.165) is 4.28 Å². The maximum Gasteiger partial charge on any atom is 0.0271 e. The lowest BCUT2D eigenvalue weighted by molar-refractivity contribution is 1.14. The first-order valence-electron chi connectivity index (χ1n) is 4.91. The topological polar surface area (TPSA) is 0 Å². The highest BCUT2D eigenvalue weighted by molar-refractivity contribution is 7.42. The summed E-state index contributed by atoms with van der Waals surface area (Å²) in [5, 5.41) is 0. The predicted molar refractivity (Wildman–Crippen MR) is 71.0 cm³/mol. The third-order valence-corrected chi connectivity index (χ3v) is 29.1. The van der Waals surface area contributed by atoms with Crippen LogP contribution in [0.1, 0.15) is 12.5 Å². The second-order valence-corrected chi connectivity index (χ2v) is 18.2. The number of rotatable bonds is 1. The first kappa shape index (κ1) is 10.7. The fourth-order valence-electron chi connectivity index (χ4n) is 1.75. The van der Waals surface area contributed by atoms with Gasteiger partial charge < -0.3 is 0 Å². The van der Waals surface area contributed by atoms with Crippen molar-refractivity contribution in [1.82, 2.24) is 0 Å². The van der Waals surface area contributed by atoms with Crippen molar-refractivity contribution in [3.05, 3.63) is 35.9 Å². The molecule has 3 saturated heterocycles. The van der Waals surface area contributed by atoms with E-state index in [4.69, 9.17) is 0 Å². The number of hydrogen-bond acceptors (Lipinski definition) is 0. The Morgan fingerprint density at radius 1 is 0.800 bits per heavy atom. The molecule has 0 atom stereocenters. The Morgan fingerprint density at radius 3 is 1.87 bits per heavy atom. The van der Waals surface area contributed by atoms with E-state index in [0.29, 0.717) is 4.28 Å². The summed E-state index contributed by atoms with van der Waals surface area (Å²) >= 11 is 0. The van der Waals surface area contributed by atoms with E-state index in [1.165, 1.54) is 54.2 Å². The maximum absolute atomic E-state index is 2.55. The van der Waals surface area contributed by atoms with Crippen LogP contribution in [-0.4, -0.2) is 54.2 Å². The summed E-state index contributed by atoms with van der Waals surface area (Å²) in [7, 11) is 7.46. The Labute approximate surface area is 105 Å². The van der Waals surface area contributed by atoms with Crippen LogP contribution in [0.3, 0.4) is 0 Å². The highest BCUT2D eigenvalue weighted by Gasteiger charge is 2.48. The Kier molecular flexibility index (Phi) is 2.68. The van der Waals surface area contributed by atoms with E-state index in [-0.39, 0.29) is 0 Å². The fraction of sp³-hybridized carbons (Fsp3) is 0.333. The van der Waals surface area contributed by atoms with Crippen molar-refractivity contribution < 1.29 is 0 Å². The van der Waals surface area contributed by atoms with Crippen LogP contribution in [0.15, 0.2) is 30.3 Å². The minimum atomic E-state index is 0.675. The molecule has 0 aliphatic carbocycles. The number of fused-ring (bicyclic) bond motifs is 3. The van der Waals surface area contributed by atoms with Gasteiger partial charge in [0.25, 0.3) is 0 Å². The lowest BCUT2D eigenvalue weighted by Crippen LogP contribution is -2.68. The van der Waals surface area contributed by atoms with Crippen molar-refractivity contribution >= 4 is 54.2 Å². The van der Waals surface area contributed by atoms with Gasteiger partial charge in [0.05, 0.1) is 0 Å². The highest BCUT2D eigenvalue weighted by atomic mass is 29.3. The van der Waals surface area contributed by atoms with Crippen LogP contribution < -0.4 is 0 Å². The van der Waals surface area contributed by atoms with Crippen molar-refractivity contribution in [2.24, 2.45) is 0 Å². The molecule has 3 aliphatic heterocycles. The average Bonchev–Trinajstić information content (AvgIpc) is 2.32. The molecule has 1 aromatic carbocycles. The molecule has 0 unspecified atom stereocenters. The molecule has 1 aromatic rings. The van der Waals surface area contributed by atoms with Crippen LogP contribution in [0.5, 0.6) is 0 Å². The summed E-state index contributed by atoms with van der Waals surface area (Å²) in [6.07, 6.45) is 0. The predicted octanol–water partition coefficient (Wildman–Crippen LogP) is -0.112. The summed E-state index contributed by atoms with van der Waals surface area (Å²) in [5.74, 6) is 0. The van der Waals surface area contributed by atoms with Crippen LogP contribution in [-0.2, 0) is 4.28 Å². The molecule has 3 fully saturated rings. The molecule has 2 bridgehead atoms. The molecule has 0 amide bonds. The molecular weight excluding hydrogens is 277 g/mol. The molecule has 4 rings (SSSR count). The van der Waals surface area contributed by atoms with Gasteiger partial charge in [-0.25, -0.2) is 0 Å². The Morgan fingerprint density at radius 2 is 1.33 bits per heavy atom. The van der Waals surface area contributed by atoms with Crippen molar-refractivity contribution in [2.75, 3.05) is 0 Å². The molecule has 0 nitrogen and oxygen atoms in total. The zero-order chi connectivity index (χ0) is 10.4. The third-order valence-electron chi connectivity index (χ3n) is 2.71. The summed E-state index contributed by atoms with van der Waals surface area (Å²) in [6.45, 7) is 2.55. The van der Waals surface area contributed by atoms with E-state index >= 15 is 0 Å². The van der Waals surface area contributed by atoms with Gasteiger partial charge in [-0.1, -0.05) is 47.1 Å². The minimum absolute atomic E-state index is 0.675. The SMILES string of the molecule is CC12[Si][Si]C(c3ccccc3)([Si][Si]1)[Si][Si]2. The van der Waals surface area contributed by atoms with Crippen LogP contribution >= 0.6 is 0 Å². The second kappa shape index (κ2) is 3.77. The summed E-state index contributed by atoms with van der Waals surface area (Å²) in [6, 6.07) is 11.3. The van der Waals surface area contributed by atoms with Gasteiger partial charge in [-0.05, 0) is 4.28 Å². The normalized spacial score (nSPS) is 39.3. The van der Waals surface area contributed by atoms with Crippen molar-refractivity contribution in [3.8, 4) is 0 Å². The molecule has 0 saturated carbocycles. The van der Waals surface area contributed by atoms with Gasteiger partial charge in [0.2, 0.25) is 0 Å². The molecule has 68 valence electrons. The first-order valence-corrected chi connectivity index (χ1v) is 13.9. The number of hydrogen-bond donors (Lipinski definition) is 0. The van der Waals surface area contributed by atoms with Gasteiger partial charge >= 0.3 is 0 Å². The lowest BCUT2D eigenvalue weighted by atomic mass is 10.2. The van der Waals surface area contributed by atoms with E-state index in [1.807, 2.05) is 0 Å². The largest absolute Gasteiger partial charge is 0.0687 e. The Hall–Kier alpha value is 0.521.